The fourth-order valence-corrected chi connectivity index (χ4v) is 2.61. The number of nitrogens with zero attached hydrogens (tertiary/aromatic N) is 3. The molecule has 1 aliphatic rings. The average molecular weight is 262 g/mol. The van der Waals surface area contributed by atoms with Gasteiger partial charge in [-0.1, -0.05) is 13.3 Å². The van der Waals surface area contributed by atoms with Gasteiger partial charge < -0.3 is 9.64 Å². The minimum atomic E-state index is 0.0409. The number of aromatic amines is 1. The predicted molar refractivity (Wildman–Crippen MR) is 70.1 cm³/mol. The number of nitrogens with one attached hydrogen (secondary N) is 1. The molecule has 0 saturated carbocycles. The SMILES string of the molecule is CCC[C@H]1COCCN1C(=O)c1c[nH]n2ccnc12. The molecule has 6 nitrogen and oxygen atoms in total. The van der Waals surface area contributed by atoms with Crippen molar-refractivity contribution >= 4 is 11.6 Å². The number of H-pyrrole nitrogens is 1. The molecule has 0 aliphatic carbocycles. The fraction of sp³-hybridized carbons (Fsp3) is 0.538. The summed E-state index contributed by atoms with van der Waals surface area (Å²) in [6, 6.07) is 0.177. The van der Waals surface area contributed by atoms with Crippen LogP contribution in [0.5, 0.6) is 0 Å². The number of carbonyl (C=O) groups is 1. The van der Waals surface area contributed by atoms with Gasteiger partial charge in [0.1, 0.15) is 5.56 Å². The number of imidazole rings is 1. The lowest BCUT2D eigenvalue weighted by Gasteiger charge is -2.35. The van der Waals surface area contributed by atoms with Crippen molar-refractivity contribution in [2.24, 2.45) is 0 Å². The summed E-state index contributed by atoms with van der Waals surface area (Å²) in [6.07, 6.45) is 7.23. The second kappa shape index (κ2) is 5.05. The number of rotatable bonds is 3. The molecule has 3 heterocycles. The molecule has 6 heteroatoms. The first kappa shape index (κ1) is 12.2. The summed E-state index contributed by atoms with van der Waals surface area (Å²) in [5.74, 6) is 0.0409. The van der Waals surface area contributed by atoms with Gasteiger partial charge in [0.05, 0.1) is 19.3 Å². The lowest BCUT2D eigenvalue weighted by Crippen LogP contribution is -2.48. The first-order chi connectivity index (χ1) is 9.31. The molecule has 0 aromatic carbocycles. The van der Waals surface area contributed by atoms with E-state index in [-0.39, 0.29) is 11.9 Å². The summed E-state index contributed by atoms with van der Waals surface area (Å²) < 4.78 is 7.23. The van der Waals surface area contributed by atoms with Gasteiger partial charge in [-0.05, 0) is 6.42 Å². The maximum Gasteiger partial charge on any atom is 0.259 e. The summed E-state index contributed by atoms with van der Waals surface area (Å²) in [7, 11) is 0. The smallest absolute Gasteiger partial charge is 0.259 e. The molecule has 19 heavy (non-hydrogen) atoms. The van der Waals surface area contributed by atoms with E-state index in [0.29, 0.717) is 31.0 Å². The topological polar surface area (TPSA) is 62.6 Å². The van der Waals surface area contributed by atoms with Gasteiger partial charge in [-0.2, -0.15) is 0 Å². The second-order valence-electron chi connectivity index (χ2n) is 4.82. The highest BCUT2D eigenvalue weighted by atomic mass is 16.5. The Kier molecular flexibility index (Phi) is 3.25. The third kappa shape index (κ3) is 2.12. The van der Waals surface area contributed by atoms with Crippen molar-refractivity contribution in [3.63, 3.8) is 0 Å². The van der Waals surface area contributed by atoms with E-state index in [4.69, 9.17) is 4.74 Å². The van der Waals surface area contributed by atoms with Crippen LogP contribution in [-0.4, -0.2) is 51.2 Å². The number of morpholine rings is 1. The first-order valence-corrected chi connectivity index (χ1v) is 6.70. The van der Waals surface area contributed by atoms with Crippen molar-refractivity contribution in [1.29, 1.82) is 0 Å². The van der Waals surface area contributed by atoms with Gasteiger partial charge in [0.15, 0.2) is 5.65 Å². The minimum Gasteiger partial charge on any atom is -0.377 e. The van der Waals surface area contributed by atoms with E-state index in [9.17, 15) is 4.79 Å². The molecule has 1 fully saturated rings. The Balaban J connectivity index is 1.87. The van der Waals surface area contributed by atoms with Crippen LogP contribution in [0.1, 0.15) is 30.1 Å². The largest absolute Gasteiger partial charge is 0.377 e. The molecular formula is C13H18N4O2. The number of ether oxygens (including phenoxy) is 1. The molecule has 0 spiro atoms. The highest BCUT2D eigenvalue weighted by Crippen LogP contribution is 2.18. The van der Waals surface area contributed by atoms with Crippen molar-refractivity contribution in [3.8, 4) is 0 Å². The first-order valence-electron chi connectivity index (χ1n) is 6.70. The van der Waals surface area contributed by atoms with E-state index < -0.39 is 0 Å². The van der Waals surface area contributed by atoms with Crippen LogP contribution in [-0.2, 0) is 4.74 Å². The molecule has 0 radical (unpaired) electrons. The van der Waals surface area contributed by atoms with Crippen LogP contribution in [0.25, 0.3) is 5.65 Å². The Morgan fingerprint density at radius 1 is 1.63 bits per heavy atom. The van der Waals surface area contributed by atoms with Crippen LogP contribution in [0.3, 0.4) is 0 Å². The Hall–Kier alpha value is -1.82. The molecule has 2 aromatic rings. The van der Waals surface area contributed by atoms with E-state index in [0.717, 1.165) is 12.8 Å². The molecule has 0 bridgehead atoms. The van der Waals surface area contributed by atoms with Gasteiger partial charge in [0, 0.05) is 25.1 Å². The van der Waals surface area contributed by atoms with E-state index in [1.54, 1.807) is 23.1 Å². The standard InChI is InChI=1S/C13H18N4O2/c1-2-3-10-9-19-7-6-16(10)13(18)11-8-15-17-5-4-14-12(11)17/h4-5,8,10,15H,2-3,6-7,9H2,1H3/t10-/m0/s1. The molecular weight excluding hydrogens is 244 g/mol. The van der Waals surface area contributed by atoms with Crippen molar-refractivity contribution in [2.75, 3.05) is 19.8 Å². The van der Waals surface area contributed by atoms with E-state index in [2.05, 4.69) is 17.0 Å². The summed E-state index contributed by atoms with van der Waals surface area (Å²) in [4.78, 5) is 18.8. The third-order valence-electron chi connectivity index (χ3n) is 3.57. The second-order valence-corrected chi connectivity index (χ2v) is 4.82. The Labute approximate surface area is 111 Å². The summed E-state index contributed by atoms with van der Waals surface area (Å²) in [5, 5.41) is 3.01. The summed E-state index contributed by atoms with van der Waals surface area (Å²) in [6.45, 7) is 4.03. The Bertz CT molecular complexity index is 572. The zero-order chi connectivity index (χ0) is 13.2. The molecule has 1 amide bonds. The highest BCUT2D eigenvalue weighted by molar-refractivity contribution is 5.99. The quantitative estimate of drug-likeness (QED) is 0.907. The van der Waals surface area contributed by atoms with Crippen LogP contribution >= 0.6 is 0 Å². The number of fused-ring (bicyclic) bond motifs is 1. The van der Waals surface area contributed by atoms with E-state index >= 15 is 0 Å². The van der Waals surface area contributed by atoms with Crippen LogP contribution in [0.2, 0.25) is 0 Å². The van der Waals surface area contributed by atoms with Crippen LogP contribution in [0, 0.1) is 0 Å². The minimum absolute atomic E-state index is 0.0409. The van der Waals surface area contributed by atoms with Crippen LogP contribution < -0.4 is 0 Å². The number of amides is 1. The molecule has 1 aliphatic heterocycles. The molecule has 0 unspecified atom stereocenters. The third-order valence-corrected chi connectivity index (χ3v) is 3.57. The van der Waals surface area contributed by atoms with Gasteiger partial charge in [0.2, 0.25) is 0 Å². The Morgan fingerprint density at radius 3 is 3.37 bits per heavy atom. The number of hydrogen-bond donors (Lipinski definition) is 1. The highest BCUT2D eigenvalue weighted by Gasteiger charge is 2.29. The maximum absolute atomic E-state index is 12.7. The molecule has 1 saturated heterocycles. The molecule has 3 rings (SSSR count). The predicted octanol–water partition coefficient (Wildman–Crippen LogP) is 1.30. The lowest BCUT2D eigenvalue weighted by atomic mass is 10.1. The molecule has 2 aromatic heterocycles. The molecule has 102 valence electrons. The van der Waals surface area contributed by atoms with E-state index in [1.165, 1.54) is 0 Å². The van der Waals surface area contributed by atoms with Crippen molar-refractivity contribution in [1.82, 2.24) is 19.5 Å². The van der Waals surface area contributed by atoms with Crippen molar-refractivity contribution in [2.45, 2.75) is 25.8 Å². The number of hydrogen-bond acceptors (Lipinski definition) is 3. The monoisotopic (exact) mass is 262 g/mol. The number of aromatic nitrogens is 3. The fourth-order valence-electron chi connectivity index (χ4n) is 2.61. The van der Waals surface area contributed by atoms with E-state index in [1.807, 2.05) is 4.90 Å². The van der Waals surface area contributed by atoms with Gasteiger partial charge in [-0.25, -0.2) is 9.50 Å². The van der Waals surface area contributed by atoms with Crippen LogP contribution in [0.15, 0.2) is 18.6 Å². The average Bonchev–Trinajstić information content (AvgIpc) is 3.01. The van der Waals surface area contributed by atoms with Gasteiger partial charge >= 0.3 is 0 Å². The van der Waals surface area contributed by atoms with Gasteiger partial charge in [0.25, 0.3) is 5.91 Å². The summed E-state index contributed by atoms with van der Waals surface area (Å²) in [5.41, 5.74) is 1.32. The maximum atomic E-state index is 12.7. The summed E-state index contributed by atoms with van der Waals surface area (Å²) >= 11 is 0. The lowest BCUT2D eigenvalue weighted by molar-refractivity contribution is -0.00424. The van der Waals surface area contributed by atoms with Gasteiger partial charge in [-0.3, -0.25) is 9.89 Å². The normalized spacial score (nSPS) is 20.1. The van der Waals surface area contributed by atoms with Crippen LogP contribution in [0.4, 0.5) is 0 Å². The van der Waals surface area contributed by atoms with Crippen molar-refractivity contribution in [3.05, 3.63) is 24.2 Å². The zero-order valence-corrected chi connectivity index (χ0v) is 11.0. The molecule has 1 N–H and O–H groups in total. The number of carbonyl (C=O) groups excluding carboxylic acids is 1. The Morgan fingerprint density at radius 2 is 2.53 bits per heavy atom. The van der Waals surface area contributed by atoms with Gasteiger partial charge in [-0.15, -0.1) is 0 Å². The van der Waals surface area contributed by atoms with Crippen molar-refractivity contribution < 1.29 is 9.53 Å². The molecule has 1 atom stereocenters. The zero-order valence-electron chi connectivity index (χ0n) is 11.0.